The summed E-state index contributed by atoms with van der Waals surface area (Å²) in [6.07, 6.45) is -0.982. The van der Waals surface area contributed by atoms with Crippen LogP contribution in [0.4, 0.5) is 0 Å². The van der Waals surface area contributed by atoms with Gasteiger partial charge in [-0.2, -0.15) is 0 Å². The summed E-state index contributed by atoms with van der Waals surface area (Å²) in [6, 6.07) is 7.49. The van der Waals surface area contributed by atoms with Crippen LogP contribution in [0.3, 0.4) is 0 Å². The summed E-state index contributed by atoms with van der Waals surface area (Å²) in [5.41, 5.74) is 1.83. The quantitative estimate of drug-likeness (QED) is 0.621. The minimum absolute atomic E-state index is 0.0386. The Hall–Kier alpha value is -1.84. The van der Waals surface area contributed by atoms with Gasteiger partial charge in [-0.1, -0.05) is 45.0 Å². The second-order valence-corrected chi connectivity index (χ2v) is 5.42. The maximum absolute atomic E-state index is 11.0. The predicted octanol–water partition coefficient (Wildman–Crippen LogP) is 3.11. The molecule has 0 aliphatic rings. The minimum Gasteiger partial charge on any atom is -0.421 e. The summed E-state index contributed by atoms with van der Waals surface area (Å²) in [5, 5.41) is 0. The number of hydrogen-bond acceptors (Lipinski definition) is 4. The molecule has 1 aromatic rings. The van der Waals surface area contributed by atoms with Crippen molar-refractivity contribution >= 4 is 11.9 Å². The number of ether oxygens (including phenoxy) is 2. The number of hydrogen-bond donors (Lipinski definition) is 0. The fourth-order valence-corrected chi connectivity index (χ4v) is 1.60. The van der Waals surface area contributed by atoms with E-state index in [1.54, 1.807) is 12.1 Å². The number of esters is 2. The first-order chi connectivity index (χ1) is 8.70. The van der Waals surface area contributed by atoms with Crippen molar-refractivity contribution in [1.82, 2.24) is 0 Å². The van der Waals surface area contributed by atoms with Gasteiger partial charge in [0.2, 0.25) is 0 Å². The van der Waals surface area contributed by atoms with Crippen LogP contribution in [0.1, 0.15) is 52.0 Å². The molecule has 0 amide bonds. The molecule has 0 aliphatic heterocycles. The Morgan fingerprint density at radius 3 is 1.68 bits per heavy atom. The molecule has 4 heteroatoms. The van der Waals surface area contributed by atoms with Crippen LogP contribution in [0.25, 0.3) is 0 Å². The highest BCUT2D eigenvalue weighted by Gasteiger charge is 2.19. The summed E-state index contributed by atoms with van der Waals surface area (Å²) in [7, 11) is 0. The van der Waals surface area contributed by atoms with E-state index >= 15 is 0 Å². The van der Waals surface area contributed by atoms with E-state index in [9.17, 15) is 9.59 Å². The van der Waals surface area contributed by atoms with Gasteiger partial charge in [-0.05, 0) is 11.0 Å². The van der Waals surface area contributed by atoms with Crippen molar-refractivity contribution in [3.8, 4) is 0 Å². The maximum Gasteiger partial charge on any atom is 0.305 e. The van der Waals surface area contributed by atoms with Crippen LogP contribution < -0.4 is 0 Å². The molecule has 0 saturated carbocycles. The summed E-state index contributed by atoms with van der Waals surface area (Å²) >= 11 is 0. The fraction of sp³-hybridized carbons (Fsp3) is 0.467. The molecule has 0 heterocycles. The van der Waals surface area contributed by atoms with Crippen LogP contribution in [0.5, 0.6) is 0 Å². The molecule has 0 bridgehead atoms. The molecule has 0 fully saturated rings. The van der Waals surface area contributed by atoms with Gasteiger partial charge in [0.1, 0.15) is 0 Å². The molecular formula is C15H20O4. The van der Waals surface area contributed by atoms with E-state index < -0.39 is 18.2 Å². The highest BCUT2D eigenvalue weighted by molar-refractivity contribution is 5.68. The van der Waals surface area contributed by atoms with Crippen LogP contribution in [0, 0.1) is 0 Å². The van der Waals surface area contributed by atoms with Crippen LogP contribution in [0.2, 0.25) is 0 Å². The zero-order chi connectivity index (χ0) is 14.6. The molecule has 1 aromatic carbocycles. The SMILES string of the molecule is CC(=O)OC(OC(C)=O)c1ccc(C(C)(C)C)cc1. The Morgan fingerprint density at radius 2 is 1.37 bits per heavy atom. The van der Waals surface area contributed by atoms with Gasteiger partial charge in [0.05, 0.1) is 0 Å². The second-order valence-electron chi connectivity index (χ2n) is 5.42. The van der Waals surface area contributed by atoms with Gasteiger partial charge in [0.25, 0.3) is 6.29 Å². The number of benzene rings is 1. The third-order valence-electron chi connectivity index (χ3n) is 2.59. The van der Waals surface area contributed by atoms with Crippen molar-refractivity contribution in [3.63, 3.8) is 0 Å². The zero-order valence-electron chi connectivity index (χ0n) is 12.0. The van der Waals surface area contributed by atoms with Crippen LogP contribution >= 0.6 is 0 Å². The Bertz CT molecular complexity index is 438. The van der Waals surface area contributed by atoms with Gasteiger partial charge in [-0.3, -0.25) is 9.59 Å². The smallest absolute Gasteiger partial charge is 0.305 e. The van der Waals surface area contributed by atoms with E-state index in [0.29, 0.717) is 5.56 Å². The van der Waals surface area contributed by atoms with Crippen molar-refractivity contribution in [1.29, 1.82) is 0 Å². The van der Waals surface area contributed by atoms with E-state index in [2.05, 4.69) is 20.8 Å². The summed E-state index contributed by atoms with van der Waals surface area (Å²) in [5.74, 6) is -0.989. The Balaban J connectivity index is 2.96. The first-order valence-electron chi connectivity index (χ1n) is 6.15. The largest absolute Gasteiger partial charge is 0.421 e. The van der Waals surface area contributed by atoms with E-state index in [-0.39, 0.29) is 5.41 Å². The van der Waals surface area contributed by atoms with Crippen molar-refractivity contribution in [2.75, 3.05) is 0 Å². The van der Waals surface area contributed by atoms with Gasteiger partial charge >= 0.3 is 11.9 Å². The maximum atomic E-state index is 11.0. The van der Waals surface area contributed by atoms with Gasteiger partial charge < -0.3 is 9.47 Å². The topological polar surface area (TPSA) is 52.6 Å². The van der Waals surface area contributed by atoms with Crippen LogP contribution in [0.15, 0.2) is 24.3 Å². The number of carbonyl (C=O) groups excluding carboxylic acids is 2. The van der Waals surface area contributed by atoms with E-state index in [4.69, 9.17) is 9.47 Å². The van der Waals surface area contributed by atoms with Crippen molar-refractivity contribution < 1.29 is 19.1 Å². The molecule has 4 nitrogen and oxygen atoms in total. The molecule has 0 atom stereocenters. The normalized spacial score (nSPS) is 11.3. The summed E-state index contributed by atoms with van der Waals surface area (Å²) in [4.78, 5) is 22.0. The standard InChI is InChI=1S/C15H20O4/c1-10(16)18-14(19-11(2)17)12-6-8-13(9-7-12)15(3,4)5/h6-9,14H,1-5H3. The highest BCUT2D eigenvalue weighted by atomic mass is 16.7. The average molecular weight is 264 g/mol. The third-order valence-corrected chi connectivity index (χ3v) is 2.59. The first kappa shape index (κ1) is 15.2. The van der Waals surface area contributed by atoms with Crippen molar-refractivity contribution in [2.45, 2.75) is 46.3 Å². The Morgan fingerprint density at radius 1 is 0.947 bits per heavy atom. The number of rotatable bonds is 3. The van der Waals surface area contributed by atoms with Crippen LogP contribution in [-0.2, 0) is 24.5 Å². The van der Waals surface area contributed by atoms with E-state index in [1.165, 1.54) is 13.8 Å². The minimum atomic E-state index is -0.982. The molecule has 1 rings (SSSR count). The predicted molar refractivity (Wildman–Crippen MR) is 71.4 cm³/mol. The van der Waals surface area contributed by atoms with E-state index in [1.807, 2.05) is 12.1 Å². The molecule has 104 valence electrons. The molecule has 0 aliphatic carbocycles. The lowest BCUT2D eigenvalue weighted by Gasteiger charge is -2.21. The molecule has 0 radical (unpaired) electrons. The lowest BCUT2D eigenvalue weighted by molar-refractivity contribution is -0.186. The molecule has 0 spiro atoms. The fourth-order valence-electron chi connectivity index (χ4n) is 1.60. The average Bonchev–Trinajstić information content (AvgIpc) is 2.26. The van der Waals surface area contributed by atoms with Crippen molar-refractivity contribution in [3.05, 3.63) is 35.4 Å². The lowest BCUT2D eigenvalue weighted by Crippen LogP contribution is -2.16. The van der Waals surface area contributed by atoms with E-state index in [0.717, 1.165) is 5.56 Å². The summed E-state index contributed by atoms with van der Waals surface area (Å²) in [6.45, 7) is 8.88. The monoisotopic (exact) mass is 264 g/mol. The van der Waals surface area contributed by atoms with Gasteiger partial charge in [-0.25, -0.2) is 0 Å². The molecule has 0 aromatic heterocycles. The lowest BCUT2D eigenvalue weighted by atomic mass is 9.87. The van der Waals surface area contributed by atoms with Crippen molar-refractivity contribution in [2.24, 2.45) is 0 Å². The summed E-state index contributed by atoms with van der Waals surface area (Å²) < 4.78 is 9.98. The second kappa shape index (κ2) is 5.87. The molecular weight excluding hydrogens is 244 g/mol. The van der Waals surface area contributed by atoms with Gasteiger partial charge in [-0.15, -0.1) is 0 Å². The third kappa shape index (κ3) is 4.73. The molecule has 0 unspecified atom stereocenters. The van der Waals surface area contributed by atoms with Crippen LogP contribution in [-0.4, -0.2) is 11.9 Å². The highest BCUT2D eigenvalue weighted by Crippen LogP contribution is 2.25. The molecule has 19 heavy (non-hydrogen) atoms. The molecule has 0 saturated heterocycles. The van der Waals surface area contributed by atoms with Gasteiger partial charge in [0, 0.05) is 19.4 Å². The molecule has 0 N–H and O–H groups in total. The van der Waals surface area contributed by atoms with Gasteiger partial charge in [0.15, 0.2) is 0 Å². The Kier molecular flexibility index (Phi) is 4.70. The Labute approximate surface area is 113 Å². The number of carbonyl (C=O) groups is 2. The zero-order valence-corrected chi connectivity index (χ0v) is 12.0. The first-order valence-corrected chi connectivity index (χ1v) is 6.15.